The summed E-state index contributed by atoms with van der Waals surface area (Å²) >= 11 is 0. The Kier molecular flexibility index (Phi) is 4.86. The summed E-state index contributed by atoms with van der Waals surface area (Å²) in [5.74, 6) is -0.763. The van der Waals surface area contributed by atoms with E-state index in [0.717, 1.165) is 25.7 Å². The van der Waals surface area contributed by atoms with Gasteiger partial charge in [-0.3, -0.25) is 9.59 Å². The van der Waals surface area contributed by atoms with Gasteiger partial charge in [0.25, 0.3) is 0 Å². The summed E-state index contributed by atoms with van der Waals surface area (Å²) in [7, 11) is 1.52. The first-order valence-corrected chi connectivity index (χ1v) is 9.43. The second-order valence-electron chi connectivity index (χ2n) is 7.10. The van der Waals surface area contributed by atoms with Crippen molar-refractivity contribution in [3.63, 3.8) is 0 Å². The second kappa shape index (κ2) is 7.46. The van der Waals surface area contributed by atoms with Crippen molar-refractivity contribution in [2.45, 2.75) is 25.7 Å². The summed E-state index contributed by atoms with van der Waals surface area (Å²) in [6.07, 6.45) is 3.38. The van der Waals surface area contributed by atoms with E-state index >= 15 is 0 Å². The number of carbonyl (C=O) groups is 3. The van der Waals surface area contributed by atoms with E-state index < -0.39 is 5.97 Å². The van der Waals surface area contributed by atoms with E-state index in [4.69, 9.17) is 9.47 Å². The zero-order chi connectivity index (χ0) is 19.7. The van der Waals surface area contributed by atoms with Crippen LogP contribution in [0, 0.1) is 11.8 Å². The molecule has 1 aliphatic heterocycles. The average molecular weight is 379 g/mol. The minimum absolute atomic E-state index is 0.190. The Labute approximate surface area is 163 Å². The van der Waals surface area contributed by atoms with Crippen LogP contribution in [-0.4, -0.2) is 24.9 Å². The van der Waals surface area contributed by atoms with Crippen molar-refractivity contribution in [2.75, 3.05) is 12.0 Å². The van der Waals surface area contributed by atoms with Crippen molar-refractivity contribution in [2.24, 2.45) is 11.8 Å². The minimum atomic E-state index is -0.581. The van der Waals surface area contributed by atoms with Gasteiger partial charge in [-0.05, 0) is 43.2 Å². The van der Waals surface area contributed by atoms with Crippen molar-refractivity contribution < 1.29 is 23.9 Å². The highest BCUT2D eigenvalue weighted by atomic mass is 16.5. The quantitative estimate of drug-likeness (QED) is 0.461. The fraction of sp³-hybridized carbons (Fsp3) is 0.318. The van der Waals surface area contributed by atoms with E-state index in [0.29, 0.717) is 17.0 Å². The number of benzene rings is 2. The number of nitrogens with zero attached hydrogens (tertiary/aromatic N) is 1. The molecule has 2 unspecified atom stereocenters. The molecule has 28 heavy (non-hydrogen) atoms. The molecule has 0 spiro atoms. The van der Waals surface area contributed by atoms with Gasteiger partial charge in [-0.25, -0.2) is 9.69 Å². The van der Waals surface area contributed by atoms with Crippen LogP contribution in [0.2, 0.25) is 0 Å². The molecule has 1 saturated carbocycles. The number of anilines is 1. The van der Waals surface area contributed by atoms with Crippen LogP contribution in [0.3, 0.4) is 0 Å². The molecule has 6 heteroatoms. The fourth-order valence-electron chi connectivity index (χ4n) is 4.04. The van der Waals surface area contributed by atoms with Crippen molar-refractivity contribution in [1.82, 2.24) is 0 Å². The molecule has 2 aliphatic rings. The van der Waals surface area contributed by atoms with Gasteiger partial charge in [-0.15, -0.1) is 0 Å². The zero-order valence-electron chi connectivity index (χ0n) is 15.6. The van der Waals surface area contributed by atoms with E-state index in [1.807, 2.05) is 0 Å². The number of ether oxygens (including phenoxy) is 2. The predicted octanol–water partition coefficient (Wildman–Crippen LogP) is 3.59. The first-order chi connectivity index (χ1) is 13.6. The number of rotatable bonds is 4. The summed E-state index contributed by atoms with van der Waals surface area (Å²) in [6.45, 7) is 0. The monoisotopic (exact) mass is 379 g/mol. The largest absolute Gasteiger partial charge is 0.497 e. The van der Waals surface area contributed by atoms with E-state index in [9.17, 15) is 14.4 Å². The van der Waals surface area contributed by atoms with Crippen molar-refractivity contribution in [1.29, 1.82) is 0 Å². The Morgan fingerprint density at radius 2 is 1.64 bits per heavy atom. The molecular weight excluding hydrogens is 358 g/mol. The lowest BCUT2D eigenvalue weighted by molar-refractivity contribution is -0.122. The predicted molar refractivity (Wildman–Crippen MR) is 102 cm³/mol. The van der Waals surface area contributed by atoms with Crippen LogP contribution in [0.15, 0.2) is 48.5 Å². The molecule has 1 saturated heterocycles. The van der Waals surface area contributed by atoms with Crippen molar-refractivity contribution in [3.8, 4) is 11.5 Å². The summed E-state index contributed by atoms with van der Waals surface area (Å²) in [5.41, 5.74) is 0.644. The Morgan fingerprint density at radius 3 is 2.32 bits per heavy atom. The van der Waals surface area contributed by atoms with E-state index in [2.05, 4.69) is 0 Å². The van der Waals surface area contributed by atoms with Gasteiger partial charge in [-0.1, -0.05) is 31.0 Å². The summed E-state index contributed by atoms with van der Waals surface area (Å²) in [5, 5.41) is 0. The van der Waals surface area contributed by atoms with Gasteiger partial charge in [0, 0.05) is 0 Å². The van der Waals surface area contributed by atoms with Gasteiger partial charge in [0.2, 0.25) is 11.8 Å². The molecule has 2 aromatic rings. The molecule has 0 N–H and O–H groups in total. The molecule has 2 amide bonds. The highest BCUT2D eigenvalue weighted by molar-refractivity contribution is 6.22. The number of methoxy groups -OCH3 is 1. The van der Waals surface area contributed by atoms with Gasteiger partial charge in [0.1, 0.15) is 5.75 Å². The number of hydrogen-bond acceptors (Lipinski definition) is 5. The summed E-state index contributed by atoms with van der Waals surface area (Å²) in [4.78, 5) is 39.6. The maximum Gasteiger partial charge on any atom is 0.343 e. The average Bonchev–Trinajstić information content (AvgIpc) is 2.99. The van der Waals surface area contributed by atoms with Gasteiger partial charge >= 0.3 is 5.97 Å². The molecule has 1 aliphatic carbocycles. The van der Waals surface area contributed by atoms with Crippen LogP contribution in [0.1, 0.15) is 36.0 Å². The standard InChI is InChI=1S/C22H21NO5/c1-27-15-8-6-7-14(13-15)22(26)28-19-12-5-4-11-18(19)23-20(24)16-9-2-3-10-17(16)21(23)25/h4-8,11-13,16-17H,2-3,9-10H2,1H3. The molecule has 1 heterocycles. The normalized spacial score (nSPS) is 21.4. The number of esters is 1. The number of hydrogen-bond donors (Lipinski definition) is 0. The second-order valence-corrected chi connectivity index (χ2v) is 7.10. The smallest absolute Gasteiger partial charge is 0.343 e. The van der Waals surface area contributed by atoms with Gasteiger partial charge in [0.15, 0.2) is 5.75 Å². The lowest BCUT2D eigenvalue weighted by atomic mass is 9.81. The molecule has 144 valence electrons. The number of fused-ring (bicyclic) bond motifs is 1. The first kappa shape index (κ1) is 18.2. The maximum atomic E-state index is 12.9. The molecular formula is C22H21NO5. The Balaban J connectivity index is 1.63. The number of imide groups is 1. The van der Waals surface area contributed by atoms with Crippen LogP contribution in [0.25, 0.3) is 0 Å². The van der Waals surface area contributed by atoms with Gasteiger partial charge in [-0.2, -0.15) is 0 Å². The minimum Gasteiger partial charge on any atom is -0.497 e. The van der Waals surface area contributed by atoms with Crippen molar-refractivity contribution in [3.05, 3.63) is 54.1 Å². The Hall–Kier alpha value is -3.15. The summed E-state index contributed by atoms with van der Waals surface area (Å²) < 4.78 is 10.7. The molecule has 0 radical (unpaired) electrons. The molecule has 6 nitrogen and oxygen atoms in total. The molecule has 4 rings (SSSR count). The first-order valence-electron chi connectivity index (χ1n) is 9.43. The molecule has 2 aromatic carbocycles. The number of para-hydroxylation sites is 2. The van der Waals surface area contributed by atoms with Crippen LogP contribution >= 0.6 is 0 Å². The molecule has 0 aromatic heterocycles. The highest BCUT2D eigenvalue weighted by Gasteiger charge is 2.49. The van der Waals surface area contributed by atoms with Crippen molar-refractivity contribution >= 4 is 23.5 Å². The summed E-state index contributed by atoms with van der Waals surface area (Å²) in [6, 6.07) is 13.3. The third-order valence-electron chi connectivity index (χ3n) is 5.46. The van der Waals surface area contributed by atoms with Crippen LogP contribution in [-0.2, 0) is 9.59 Å². The number of carbonyl (C=O) groups excluding carboxylic acids is 3. The van der Waals surface area contributed by atoms with Crippen LogP contribution < -0.4 is 14.4 Å². The van der Waals surface area contributed by atoms with Crippen LogP contribution in [0.5, 0.6) is 11.5 Å². The third-order valence-corrected chi connectivity index (χ3v) is 5.46. The van der Waals surface area contributed by atoms with Gasteiger partial charge in [0.05, 0.1) is 30.2 Å². The topological polar surface area (TPSA) is 72.9 Å². The maximum absolute atomic E-state index is 12.9. The van der Waals surface area contributed by atoms with E-state index in [1.54, 1.807) is 48.5 Å². The number of amides is 2. The zero-order valence-corrected chi connectivity index (χ0v) is 15.6. The fourth-order valence-corrected chi connectivity index (χ4v) is 4.04. The lowest BCUT2D eigenvalue weighted by Gasteiger charge is -2.19. The molecule has 2 fully saturated rings. The molecule has 2 atom stereocenters. The SMILES string of the molecule is COc1cccc(C(=O)Oc2ccccc2N2C(=O)C3CCCCC3C2=O)c1. The van der Waals surface area contributed by atoms with E-state index in [1.165, 1.54) is 12.0 Å². The Morgan fingerprint density at radius 1 is 0.964 bits per heavy atom. The third kappa shape index (κ3) is 3.15. The van der Waals surface area contributed by atoms with E-state index in [-0.39, 0.29) is 29.4 Å². The lowest BCUT2D eigenvalue weighted by Crippen LogP contribution is -2.31. The molecule has 0 bridgehead atoms. The van der Waals surface area contributed by atoms with Gasteiger partial charge < -0.3 is 9.47 Å². The van der Waals surface area contributed by atoms with Crippen LogP contribution in [0.4, 0.5) is 5.69 Å². The Bertz CT molecular complexity index is 914. The highest BCUT2D eigenvalue weighted by Crippen LogP contribution is 2.42.